The van der Waals surface area contributed by atoms with Gasteiger partial charge < -0.3 is 10.1 Å². The molecule has 0 saturated heterocycles. The standard InChI is InChI=1S/C12H13ClN4O3S/c1-7-14-3-8(21-7)4-15-9-5-16-17(6-10(18)20-2)12(19)11(9)13/h3,5,15H,4,6H2,1-2H3. The minimum absolute atomic E-state index is 0.0184. The highest BCUT2D eigenvalue weighted by Crippen LogP contribution is 2.18. The van der Waals surface area contributed by atoms with Crippen LogP contribution in [-0.2, 0) is 22.6 Å². The van der Waals surface area contributed by atoms with E-state index < -0.39 is 11.5 Å². The third kappa shape index (κ3) is 3.79. The summed E-state index contributed by atoms with van der Waals surface area (Å²) in [6.07, 6.45) is 3.16. The number of hydrogen-bond donors (Lipinski definition) is 1. The van der Waals surface area contributed by atoms with E-state index in [2.05, 4.69) is 20.1 Å². The Balaban J connectivity index is 2.13. The summed E-state index contributed by atoms with van der Waals surface area (Å²) in [5.74, 6) is -0.568. The van der Waals surface area contributed by atoms with Crippen molar-refractivity contribution in [2.45, 2.75) is 20.0 Å². The summed E-state index contributed by atoms with van der Waals surface area (Å²) in [4.78, 5) is 28.3. The zero-order chi connectivity index (χ0) is 15.4. The summed E-state index contributed by atoms with van der Waals surface area (Å²) in [5.41, 5.74) is -0.138. The molecule has 0 aliphatic carbocycles. The van der Waals surface area contributed by atoms with Crippen molar-refractivity contribution in [2.75, 3.05) is 12.4 Å². The van der Waals surface area contributed by atoms with Gasteiger partial charge in [-0.2, -0.15) is 5.10 Å². The van der Waals surface area contributed by atoms with Gasteiger partial charge in [-0.05, 0) is 6.92 Å². The Bertz CT molecular complexity index is 713. The van der Waals surface area contributed by atoms with E-state index in [1.807, 2.05) is 6.92 Å². The van der Waals surface area contributed by atoms with Gasteiger partial charge in [0.2, 0.25) is 0 Å². The lowest BCUT2D eigenvalue weighted by atomic mass is 10.4. The molecule has 0 aliphatic rings. The van der Waals surface area contributed by atoms with Crippen molar-refractivity contribution in [3.05, 3.63) is 37.7 Å². The number of nitrogens with one attached hydrogen (secondary N) is 1. The maximum Gasteiger partial charge on any atom is 0.327 e. The number of esters is 1. The fraction of sp³-hybridized carbons (Fsp3) is 0.333. The number of halogens is 1. The zero-order valence-electron chi connectivity index (χ0n) is 11.4. The molecule has 0 bridgehead atoms. The molecule has 7 nitrogen and oxygen atoms in total. The van der Waals surface area contributed by atoms with Crippen LogP contribution in [0, 0.1) is 6.92 Å². The fourth-order valence-corrected chi connectivity index (χ4v) is 2.50. The molecule has 9 heteroatoms. The van der Waals surface area contributed by atoms with Crippen molar-refractivity contribution in [3.63, 3.8) is 0 Å². The highest BCUT2D eigenvalue weighted by atomic mass is 35.5. The molecule has 2 aromatic heterocycles. The number of ether oxygens (including phenoxy) is 1. The van der Waals surface area contributed by atoms with Crippen LogP contribution in [-0.4, -0.2) is 27.8 Å². The van der Waals surface area contributed by atoms with Gasteiger partial charge in [0.05, 0.1) is 30.5 Å². The van der Waals surface area contributed by atoms with Crippen LogP contribution in [0.4, 0.5) is 5.69 Å². The second-order valence-electron chi connectivity index (χ2n) is 4.11. The number of hydrogen-bond acceptors (Lipinski definition) is 7. The molecular formula is C12H13ClN4O3S. The normalized spacial score (nSPS) is 10.4. The van der Waals surface area contributed by atoms with Crippen molar-refractivity contribution in [3.8, 4) is 0 Å². The molecule has 0 fully saturated rings. The first kappa shape index (κ1) is 15.5. The Kier molecular flexibility index (Phi) is 4.92. The van der Waals surface area contributed by atoms with E-state index in [0.29, 0.717) is 12.2 Å². The molecule has 0 amide bonds. The number of carbonyl (C=O) groups is 1. The monoisotopic (exact) mass is 328 g/mol. The Morgan fingerprint density at radius 3 is 2.90 bits per heavy atom. The average molecular weight is 329 g/mol. The first-order valence-electron chi connectivity index (χ1n) is 5.99. The zero-order valence-corrected chi connectivity index (χ0v) is 13.0. The van der Waals surface area contributed by atoms with E-state index in [1.165, 1.54) is 13.3 Å². The average Bonchev–Trinajstić information content (AvgIpc) is 2.88. The van der Waals surface area contributed by atoms with Crippen LogP contribution < -0.4 is 10.9 Å². The van der Waals surface area contributed by atoms with Crippen LogP contribution in [0.5, 0.6) is 0 Å². The summed E-state index contributed by atoms with van der Waals surface area (Å²) in [6, 6.07) is 0. The fourth-order valence-electron chi connectivity index (χ4n) is 1.56. The van der Waals surface area contributed by atoms with Crippen molar-refractivity contribution < 1.29 is 9.53 Å². The van der Waals surface area contributed by atoms with Crippen molar-refractivity contribution >= 4 is 34.6 Å². The van der Waals surface area contributed by atoms with Crippen LogP contribution in [0.3, 0.4) is 0 Å². The van der Waals surface area contributed by atoms with E-state index >= 15 is 0 Å². The van der Waals surface area contributed by atoms with Crippen LogP contribution >= 0.6 is 22.9 Å². The number of thiazole rings is 1. The number of anilines is 1. The molecule has 0 saturated carbocycles. The number of rotatable bonds is 5. The van der Waals surface area contributed by atoms with Crippen LogP contribution in [0.15, 0.2) is 17.2 Å². The molecule has 0 unspecified atom stereocenters. The Morgan fingerprint density at radius 1 is 1.52 bits per heavy atom. The molecule has 0 spiro atoms. The number of carbonyl (C=O) groups excluding carboxylic acids is 1. The molecule has 2 rings (SSSR count). The van der Waals surface area contributed by atoms with E-state index in [4.69, 9.17) is 11.6 Å². The molecule has 0 atom stereocenters. The van der Waals surface area contributed by atoms with Crippen LogP contribution in [0.25, 0.3) is 0 Å². The summed E-state index contributed by atoms with van der Waals surface area (Å²) in [5, 5.41) is 7.86. The van der Waals surface area contributed by atoms with Gasteiger partial charge in [-0.15, -0.1) is 11.3 Å². The molecular weight excluding hydrogens is 316 g/mol. The molecule has 2 aromatic rings. The highest BCUT2D eigenvalue weighted by molar-refractivity contribution is 7.11. The number of nitrogens with zero attached hydrogens (tertiary/aromatic N) is 3. The largest absolute Gasteiger partial charge is 0.468 e. The lowest BCUT2D eigenvalue weighted by molar-refractivity contribution is -0.141. The number of aryl methyl sites for hydroxylation is 1. The minimum atomic E-state index is -0.568. The lowest BCUT2D eigenvalue weighted by Crippen LogP contribution is -2.28. The SMILES string of the molecule is COC(=O)Cn1ncc(NCc2cnc(C)s2)c(Cl)c1=O. The van der Waals surface area contributed by atoms with Gasteiger partial charge in [-0.3, -0.25) is 9.59 Å². The van der Waals surface area contributed by atoms with Crippen LogP contribution in [0.2, 0.25) is 5.02 Å². The van der Waals surface area contributed by atoms with Gasteiger partial charge in [0.15, 0.2) is 0 Å². The molecule has 0 aliphatic heterocycles. The van der Waals surface area contributed by atoms with Crippen LogP contribution in [0.1, 0.15) is 9.88 Å². The summed E-state index contributed by atoms with van der Waals surface area (Å²) >= 11 is 7.55. The van der Waals surface area contributed by atoms with E-state index in [1.54, 1.807) is 17.5 Å². The predicted molar refractivity (Wildman–Crippen MR) is 79.7 cm³/mol. The molecule has 112 valence electrons. The van der Waals surface area contributed by atoms with Gasteiger partial charge in [-0.25, -0.2) is 9.67 Å². The van der Waals surface area contributed by atoms with Gasteiger partial charge in [0.1, 0.15) is 11.6 Å². The molecule has 21 heavy (non-hydrogen) atoms. The number of methoxy groups -OCH3 is 1. The number of aromatic nitrogens is 3. The second-order valence-corrected chi connectivity index (χ2v) is 5.81. The molecule has 1 N–H and O–H groups in total. The van der Waals surface area contributed by atoms with Gasteiger partial charge in [0.25, 0.3) is 5.56 Å². The van der Waals surface area contributed by atoms with Crippen molar-refractivity contribution in [2.24, 2.45) is 0 Å². The van der Waals surface area contributed by atoms with E-state index in [0.717, 1.165) is 14.6 Å². The van der Waals surface area contributed by atoms with E-state index in [9.17, 15) is 9.59 Å². The second kappa shape index (κ2) is 6.68. The van der Waals surface area contributed by atoms with Gasteiger partial charge in [0, 0.05) is 11.1 Å². The van der Waals surface area contributed by atoms with Gasteiger partial charge in [-0.1, -0.05) is 11.6 Å². The quantitative estimate of drug-likeness (QED) is 0.836. The summed E-state index contributed by atoms with van der Waals surface area (Å²) in [6.45, 7) is 2.13. The third-order valence-corrected chi connectivity index (χ3v) is 3.89. The topological polar surface area (TPSA) is 86.1 Å². The first-order valence-corrected chi connectivity index (χ1v) is 7.18. The minimum Gasteiger partial charge on any atom is -0.468 e. The predicted octanol–water partition coefficient (Wildman–Crippen LogP) is 1.45. The summed E-state index contributed by atoms with van der Waals surface area (Å²) in [7, 11) is 1.24. The Hall–Kier alpha value is -1.93. The molecule has 2 heterocycles. The Morgan fingerprint density at radius 2 is 2.29 bits per heavy atom. The van der Waals surface area contributed by atoms with E-state index in [-0.39, 0.29) is 11.6 Å². The Labute approximate surface area is 129 Å². The highest BCUT2D eigenvalue weighted by Gasteiger charge is 2.12. The van der Waals surface area contributed by atoms with Crippen molar-refractivity contribution in [1.82, 2.24) is 14.8 Å². The first-order chi connectivity index (χ1) is 10.0. The molecule has 0 aromatic carbocycles. The third-order valence-electron chi connectivity index (χ3n) is 2.61. The van der Waals surface area contributed by atoms with Crippen molar-refractivity contribution in [1.29, 1.82) is 0 Å². The maximum atomic E-state index is 12.0. The summed E-state index contributed by atoms with van der Waals surface area (Å²) < 4.78 is 5.44. The lowest BCUT2D eigenvalue weighted by Gasteiger charge is -2.08. The van der Waals surface area contributed by atoms with Gasteiger partial charge >= 0.3 is 5.97 Å². The smallest absolute Gasteiger partial charge is 0.327 e. The molecule has 0 radical (unpaired) electrons. The maximum absolute atomic E-state index is 12.0.